The summed E-state index contributed by atoms with van der Waals surface area (Å²) in [6.07, 6.45) is -3.87. The Labute approximate surface area is 87.6 Å². The van der Waals surface area contributed by atoms with Crippen LogP contribution in [0.3, 0.4) is 0 Å². The third-order valence-corrected chi connectivity index (χ3v) is 1.45. The second-order valence-electron chi connectivity index (χ2n) is 2.65. The molecule has 0 aliphatic heterocycles. The van der Waals surface area contributed by atoms with E-state index in [0.717, 1.165) is 24.5 Å². The van der Waals surface area contributed by atoms with Crippen molar-refractivity contribution in [2.24, 2.45) is 5.10 Å². The van der Waals surface area contributed by atoms with E-state index < -0.39 is 18.0 Å². The molecule has 0 spiro atoms. The lowest BCUT2D eigenvalue weighted by Crippen LogP contribution is -2.13. The van der Waals surface area contributed by atoms with Crippen molar-refractivity contribution in [3.8, 4) is 0 Å². The van der Waals surface area contributed by atoms with Crippen molar-refractivity contribution in [1.29, 1.82) is 0 Å². The standard InChI is InChI=1S/C8H6F3N3O2/c9-8(10,11)6-2-1-5(3-12-6)4-13-14-7(15)16/h1-4,14H,(H,15,16). The van der Waals surface area contributed by atoms with Crippen LogP contribution >= 0.6 is 0 Å². The van der Waals surface area contributed by atoms with Crippen LogP contribution in [0.4, 0.5) is 18.0 Å². The molecular formula is C8H6F3N3O2. The molecule has 0 saturated heterocycles. The first-order chi connectivity index (χ1) is 7.39. The number of amides is 1. The molecule has 0 fully saturated rings. The van der Waals surface area contributed by atoms with Crippen molar-refractivity contribution in [3.05, 3.63) is 29.6 Å². The Balaban J connectivity index is 2.72. The minimum absolute atomic E-state index is 0.252. The van der Waals surface area contributed by atoms with Crippen LogP contribution in [0.25, 0.3) is 0 Å². The molecule has 2 N–H and O–H groups in total. The van der Waals surface area contributed by atoms with Crippen molar-refractivity contribution < 1.29 is 23.1 Å². The van der Waals surface area contributed by atoms with Crippen LogP contribution in [-0.4, -0.2) is 22.4 Å². The van der Waals surface area contributed by atoms with Gasteiger partial charge in [0.2, 0.25) is 0 Å². The van der Waals surface area contributed by atoms with Gasteiger partial charge in [0.25, 0.3) is 0 Å². The average molecular weight is 233 g/mol. The molecule has 0 unspecified atom stereocenters. The monoisotopic (exact) mass is 233 g/mol. The fourth-order valence-electron chi connectivity index (χ4n) is 0.811. The van der Waals surface area contributed by atoms with Crippen molar-refractivity contribution in [2.75, 3.05) is 0 Å². The molecule has 0 aromatic carbocycles. The number of carbonyl (C=O) groups is 1. The van der Waals surface area contributed by atoms with Crippen LogP contribution < -0.4 is 5.43 Å². The van der Waals surface area contributed by atoms with Gasteiger partial charge in [0.1, 0.15) is 5.69 Å². The Hall–Kier alpha value is -2.12. The fourth-order valence-corrected chi connectivity index (χ4v) is 0.811. The number of pyridine rings is 1. The number of aromatic nitrogens is 1. The summed E-state index contributed by atoms with van der Waals surface area (Å²) in [5.41, 5.74) is 0.909. The molecule has 1 rings (SSSR count). The van der Waals surface area contributed by atoms with Gasteiger partial charge >= 0.3 is 12.3 Å². The zero-order valence-corrected chi connectivity index (χ0v) is 7.69. The number of nitrogens with zero attached hydrogens (tertiary/aromatic N) is 2. The van der Waals surface area contributed by atoms with Gasteiger partial charge in [0, 0.05) is 11.8 Å². The summed E-state index contributed by atoms with van der Waals surface area (Å²) >= 11 is 0. The molecule has 0 radical (unpaired) electrons. The number of nitrogens with one attached hydrogen (secondary N) is 1. The normalized spacial score (nSPS) is 11.7. The summed E-state index contributed by atoms with van der Waals surface area (Å²) in [6, 6.07) is 1.91. The molecule has 0 bridgehead atoms. The molecule has 0 aliphatic rings. The minimum atomic E-state index is -4.49. The number of hydrogen-bond donors (Lipinski definition) is 2. The lowest BCUT2D eigenvalue weighted by Gasteiger charge is -2.04. The van der Waals surface area contributed by atoms with Gasteiger partial charge in [-0.25, -0.2) is 10.2 Å². The maximum absolute atomic E-state index is 12.1. The highest BCUT2D eigenvalue weighted by molar-refractivity contribution is 5.80. The minimum Gasteiger partial charge on any atom is -0.464 e. The summed E-state index contributed by atoms with van der Waals surface area (Å²) in [5.74, 6) is 0. The van der Waals surface area contributed by atoms with Gasteiger partial charge < -0.3 is 5.11 Å². The van der Waals surface area contributed by atoms with Gasteiger partial charge in [0.05, 0.1) is 6.21 Å². The first-order valence-electron chi connectivity index (χ1n) is 3.95. The second kappa shape index (κ2) is 4.60. The Morgan fingerprint density at radius 3 is 2.62 bits per heavy atom. The van der Waals surface area contributed by atoms with E-state index in [1.165, 1.54) is 0 Å². The van der Waals surface area contributed by atoms with E-state index in [9.17, 15) is 18.0 Å². The molecular weight excluding hydrogens is 227 g/mol. The largest absolute Gasteiger partial charge is 0.464 e. The summed E-state index contributed by atoms with van der Waals surface area (Å²) < 4.78 is 36.3. The lowest BCUT2D eigenvalue weighted by atomic mass is 10.2. The summed E-state index contributed by atoms with van der Waals surface area (Å²) in [4.78, 5) is 13.1. The predicted molar refractivity (Wildman–Crippen MR) is 48.0 cm³/mol. The van der Waals surface area contributed by atoms with Crippen molar-refractivity contribution in [3.63, 3.8) is 0 Å². The molecule has 8 heteroatoms. The number of halogens is 3. The number of carboxylic acid groups (broad SMARTS) is 1. The van der Waals surface area contributed by atoms with Crippen LogP contribution in [0.15, 0.2) is 23.4 Å². The van der Waals surface area contributed by atoms with Crippen LogP contribution in [0.5, 0.6) is 0 Å². The third-order valence-electron chi connectivity index (χ3n) is 1.45. The van der Waals surface area contributed by atoms with Gasteiger partial charge in [0.15, 0.2) is 0 Å². The van der Waals surface area contributed by atoms with Gasteiger partial charge in [-0.1, -0.05) is 0 Å². The summed E-state index contributed by atoms with van der Waals surface area (Å²) in [7, 11) is 0. The van der Waals surface area contributed by atoms with Crippen molar-refractivity contribution in [1.82, 2.24) is 10.4 Å². The van der Waals surface area contributed by atoms with Crippen LogP contribution in [0, 0.1) is 0 Å². The molecule has 5 nitrogen and oxygen atoms in total. The average Bonchev–Trinajstić information content (AvgIpc) is 2.16. The van der Waals surface area contributed by atoms with Gasteiger partial charge in [-0.15, -0.1) is 0 Å². The Kier molecular flexibility index (Phi) is 3.44. The zero-order valence-electron chi connectivity index (χ0n) is 7.69. The maximum Gasteiger partial charge on any atom is 0.433 e. The molecule has 1 aromatic rings. The lowest BCUT2D eigenvalue weighted by molar-refractivity contribution is -0.141. The number of hydrogen-bond acceptors (Lipinski definition) is 3. The number of rotatable bonds is 2. The first-order valence-corrected chi connectivity index (χ1v) is 3.95. The maximum atomic E-state index is 12.1. The van der Waals surface area contributed by atoms with E-state index >= 15 is 0 Å². The van der Waals surface area contributed by atoms with Crippen LogP contribution in [0.2, 0.25) is 0 Å². The van der Waals surface area contributed by atoms with E-state index in [-0.39, 0.29) is 5.56 Å². The molecule has 1 heterocycles. The number of hydrazone groups is 1. The zero-order chi connectivity index (χ0) is 12.2. The quantitative estimate of drug-likeness (QED) is 0.603. The van der Waals surface area contributed by atoms with Gasteiger partial charge in [-0.3, -0.25) is 4.98 Å². The molecule has 0 saturated carbocycles. The van der Waals surface area contributed by atoms with E-state index in [1.807, 2.05) is 0 Å². The Bertz CT molecular complexity index is 400. The number of alkyl halides is 3. The highest BCUT2D eigenvalue weighted by Gasteiger charge is 2.31. The Morgan fingerprint density at radius 1 is 1.50 bits per heavy atom. The molecule has 16 heavy (non-hydrogen) atoms. The highest BCUT2D eigenvalue weighted by Crippen LogP contribution is 2.26. The second-order valence-corrected chi connectivity index (χ2v) is 2.65. The molecule has 0 aliphatic carbocycles. The van der Waals surface area contributed by atoms with E-state index in [4.69, 9.17) is 5.11 Å². The van der Waals surface area contributed by atoms with Gasteiger partial charge in [-0.05, 0) is 12.1 Å². The van der Waals surface area contributed by atoms with Crippen LogP contribution in [0.1, 0.15) is 11.3 Å². The predicted octanol–water partition coefficient (Wildman–Crippen LogP) is 1.70. The smallest absolute Gasteiger partial charge is 0.433 e. The third kappa shape index (κ3) is 3.56. The SMILES string of the molecule is O=C(O)NN=Cc1ccc(C(F)(F)F)nc1. The van der Waals surface area contributed by atoms with Gasteiger partial charge in [-0.2, -0.15) is 18.3 Å². The summed E-state index contributed by atoms with van der Waals surface area (Å²) in [5, 5.41) is 11.4. The van der Waals surface area contributed by atoms with E-state index in [2.05, 4.69) is 10.1 Å². The topological polar surface area (TPSA) is 74.6 Å². The highest BCUT2D eigenvalue weighted by atomic mass is 19.4. The molecule has 86 valence electrons. The molecule has 1 amide bonds. The Morgan fingerprint density at radius 2 is 2.19 bits per heavy atom. The molecule has 1 aromatic heterocycles. The molecule has 0 atom stereocenters. The van der Waals surface area contributed by atoms with Crippen molar-refractivity contribution in [2.45, 2.75) is 6.18 Å². The van der Waals surface area contributed by atoms with Crippen molar-refractivity contribution >= 4 is 12.3 Å². The fraction of sp³-hybridized carbons (Fsp3) is 0.125. The van der Waals surface area contributed by atoms with E-state index in [1.54, 1.807) is 5.43 Å². The first kappa shape index (κ1) is 12.0. The van der Waals surface area contributed by atoms with E-state index in [0.29, 0.717) is 0 Å². The van der Waals surface area contributed by atoms with Crippen LogP contribution in [-0.2, 0) is 6.18 Å². The summed E-state index contributed by atoms with van der Waals surface area (Å²) in [6.45, 7) is 0.